The molecule has 2 aromatic heterocycles. The fourth-order valence-electron chi connectivity index (χ4n) is 3.41. The second-order valence-corrected chi connectivity index (χ2v) is 7.00. The summed E-state index contributed by atoms with van der Waals surface area (Å²) >= 11 is 0. The molecule has 1 aromatic carbocycles. The Balaban J connectivity index is 1.38. The number of nitrogens with zero attached hydrogens (tertiary/aromatic N) is 4. The number of aryl methyl sites for hydroxylation is 1. The van der Waals surface area contributed by atoms with E-state index in [1.807, 2.05) is 30.3 Å². The minimum atomic E-state index is -0.234. The number of piperidine rings is 1. The third kappa shape index (κ3) is 4.97. The van der Waals surface area contributed by atoms with Crippen LogP contribution in [0.15, 0.2) is 53.2 Å². The average molecular weight is 393 g/mol. The molecule has 3 heterocycles. The van der Waals surface area contributed by atoms with Crippen molar-refractivity contribution in [3.05, 3.63) is 60.4 Å². The van der Waals surface area contributed by atoms with E-state index in [1.165, 1.54) is 0 Å². The summed E-state index contributed by atoms with van der Waals surface area (Å²) in [7, 11) is 0. The van der Waals surface area contributed by atoms with Crippen molar-refractivity contribution in [1.82, 2.24) is 20.0 Å². The first-order valence-electron chi connectivity index (χ1n) is 9.70. The number of hydrogen-bond donors (Lipinski definition) is 1. The van der Waals surface area contributed by atoms with Crippen LogP contribution in [0.3, 0.4) is 0 Å². The summed E-state index contributed by atoms with van der Waals surface area (Å²) in [6.07, 6.45) is 4.47. The summed E-state index contributed by atoms with van der Waals surface area (Å²) in [5, 5.41) is 6.91. The molecular weight excluding hydrogens is 370 g/mol. The van der Waals surface area contributed by atoms with E-state index < -0.39 is 0 Å². The molecular formula is C21H23N5O3. The summed E-state index contributed by atoms with van der Waals surface area (Å²) in [6, 6.07) is 12.7. The third-order valence-electron chi connectivity index (χ3n) is 4.80. The van der Waals surface area contributed by atoms with Gasteiger partial charge in [0.05, 0.1) is 24.5 Å². The van der Waals surface area contributed by atoms with Crippen LogP contribution in [-0.4, -0.2) is 38.5 Å². The highest BCUT2D eigenvalue weighted by molar-refractivity contribution is 5.94. The zero-order chi connectivity index (χ0) is 20.1. The van der Waals surface area contributed by atoms with Crippen molar-refractivity contribution in [3.8, 4) is 11.6 Å². The van der Waals surface area contributed by atoms with Crippen molar-refractivity contribution in [3.63, 3.8) is 0 Å². The van der Waals surface area contributed by atoms with E-state index >= 15 is 0 Å². The van der Waals surface area contributed by atoms with E-state index in [-0.39, 0.29) is 11.9 Å². The normalized spacial score (nSPS) is 17.1. The largest absolute Gasteiger partial charge is 0.439 e. The first kappa shape index (κ1) is 19.1. The van der Waals surface area contributed by atoms with Gasteiger partial charge in [-0.1, -0.05) is 29.8 Å². The molecule has 0 spiro atoms. The molecule has 8 nitrogen and oxygen atoms in total. The lowest BCUT2D eigenvalue weighted by molar-refractivity contribution is -0.122. The number of anilines is 1. The van der Waals surface area contributed by atoms with E-state index in [0.29, 0.717) is 35.6 Å². The molecule has 3 aromatic rings. The lowest BCUT2D eigenvalue weighted by Crippen LogP contribution is -2.46. The topological polar surface area (TPSA) is 93.4 Å². The standard InChI is InChI=1S/C21H23N5O3/c1-15-23-19(25-29-15)14-26-12-6-5-9-18(26)21(27)24-16-10-11-20(22-13-16)28-17-7-3-2-4-8-17/h2-4,7-8,10-11,13,18H,5-6,9,12,14H2,1H3,(H,24,27). The summed E-state index contributed by atoms with van der Waals surface area (Å²) in [5.74, 6) is 2.27. The number of ether oxygens (including phenoxy) is 1. The van der Waals surface area contributed by atoms with Gasteiger partial charge in [-0.25, -0.2) is 4.98 Å². The predicted octanol–water partition coefficient (Wildman–Crippen LogP) is 3.56. The third-order valence-corrected chi connectivity index (χ3v) is 4.80. The highest BCUT2D eigenvalue weighted by Crippen LogP contribution is 2.22. The number of pyridine rings is 1. The van der Waals surface area contributed by atoms with Crippen molar-refractivity contribution in [1.29, 1.82) is 0 Å². The molecule has 1 N–H and O–H groups in total. The van der Waals surface area contributed by atoms with Crippen molar-refractivity contribution in [2.24, 2.45) is 0 Å². The molecule has 0 bridgehead atoms. The fourth-order valence-corrected chi connectivity index (χ4v) is 3.41. The van der Waals surface area contributed by atoms with Crippen LogP contribution in [0.1, 0.15) is 31.0 Å². The van der Waals surface area contributed by atoms with Gasteiger partial charge in [-0.3, -0.25) is 9.69 Å². The number of amides is 1. The molecule has 0 aliphatic carbocycles. The molecule has 1 unspecified atom stereocenters. The van der Waals surface area contributed by atoms with Gasteiger partial charge in [-0.05, 0) is 37.6 Å². The Morgan fingerprint density at radius 1 is 1.24 bits per heavy atom. The van der Waals surface area contributed by atoms with Crippen LogP contribution in [-0.2, 0) is 11.3 Å². The smallest absolute Gasteiger partial charge is 0.241 e. The maximum absolute atomic E-state index is 12.9. The number of likely N-dealkylation sites (tertiary alicyclic amines) is 1. The van der Waals surface area contributed by atoms with Crippen molar-refractivity contribution in [2.75, 3.05) is 11.9 Å². The molecule has 0 saturated carbocycles. The van der Waals surface area contributed by atoms with Gasteiger partial charge >= 0.3 is 0 Å². The first-order chi connectivity index (χ1) is 14.2. The number of benzene rings is 1. The first-order valence-corrected chi connectivity index (χ1v) is 9.70. The van der Waals surface area contributed by atoms with E-state index in [1.54, 1.807) is 25.3 Å². The molecule has 1 aliphatic heterocycles. The Labute approximate surface area is 168 Å². The predicted molar refractivity (Wildman–Crippen MR) is 106 cm³/mol. The number of hydrogen-bond acceptors (Lipinski definition) is 7. The second-order valence-electron chi connectivity index (χ2n) is 7.00. The summed E-state index contributed by atoms with van der Waals surface area (Å²) in [6.45, 7) is 3.08. The van der Waals surface area contributed by atoms with Gasteiger partial charge in [0.15, 0.2) is 5.82 Å². The maximum Gasteiger partial charge on any atom is 0.241 e. The van der Waals surface area contributed by atoms with Gasteiger partial charge in [0.1, 0.15) is 5.75 Å². The van der Waals surface area contributed by atoms with E-state index in [0.717, 1.165) is 25.8 Å². The van der Waals surface area contributed by atoms with E-state index in [9.17, 15) is 4.79 Å². The number of rotatable bonds is 6. The van der Waals surface area contributed by atoms with Crippen LogP contribution in [0.2, 0.25) is 0 Å². The van der Waals surface area contributed by atoms with Crippen LogP contribution >= 0.6 is 0 Å². The van der Waals surface area contributed by atoms with Gasteiger partial charge in [-0.15, -0.1) is 0 Å². The molecule has 29 heavy (non-hydrogen) atoms. The fraction of sp³-hybridized carbons (Fsp3) is 0.333. The highest BCUT2D eigenvalue weighted by Gasteiger charge is 2.29. The molecule has 1 amide bonds. The van der Waals surface area contributed by atoms with Crippen LogP contribution in [0.4, 0.5) is 5.69 Å². The zero-order valence-corrected chi connectivity index (χ0v) is 16.2. The summed E-state index contributed by atoms with van der Waals surface area (Å²) in [5.41, 5.74) is 0.636. The number of nitrogens with one attached hydrogen (secondary N) is 1. The van der Waals surface area contributed by atoms with Crippen molar-refractivity contribution >= 4 is 11.6 Å². The Kier molecular flexibility index (Phi) is 5.81. The molecule has 4 rings (SSSR count). The molecule has 1 saturated heterocycles. The van der Waals surface area contributed by atoms with Crippen LogP contribution < -0.4 is 10.1 Å². The van der Waals surface area contributed by atoms with Crippen LogP contribution in [0.25, 0.3) is 0 Å². The second kappa shape index (κ2) is 8.83. The summed E-state index contributed by atoms with van der Waals surface area (Å²) < 4.78 is 10.7. The zero-order valence-electron chi connectivity index (χ0n) is 16.2. The Hall–Kier alpha value is -3.26. The van der Waals surface area contributed by atoms with Gasteiger partial charge in [0, 0.05) is 13.0 Å². The van der Waals surface area contributed by atoms with Gasteiger partial charge in [0.2, 0.25) is 17.7 Å². The number of aromatic nitrogens is 3. The summed E-state index contributed by atoms with van der Waals surface area (Å²) in [4.78, 5) is 23.5. The molecule has 0 radical (unpaired) electrons. The van der Waals surface area contributed by atoms with Crippen LogP contribution in [0.5, 0.6) is 11.6 Å². The molecule has 150 valence electrons. The lowest BCUT2D eigenvalue weighted by Gasteiger charge is -2.33. The van der Waals surface area contributed by atoms with Gasteiger partial charge in [0.25, 0.3) is 0 Å². The molecule has 1 aliphatic rings. The Morgan fingerprint density at radius 3 is 2.83 bits per heavy atom. The maximum atomic E-state index is 12.9. The average Bonchev–Trinajstić information content (AvgIpc) is 3.15. The number of carbonyl (C=O) groups excluding carboxylic acids is 1. The van der Waals surface area contributed by atoms with E-state index in [4.69, 9.17) is 9.26 Å². The molecule has 8 heteroatoms. The molecule has 1 atom stereocenters. The lowest BCUT2D eigenvalue weighted by atomic mass is 10.0. The SMILES string of the molecule is Cc1nc(CN2CCCCC2C(=O)Nc2ccc(Oc3ccccc3)nc2)no1. The van der Waals surface area contributed by atoms with Gasteiger partial charge < -0.3 is 14.6 Å². The number of carbonyl (C=O) groups is 1. The van der Waals surface area contributed by atoms with Crippen LogP contribution in [0, 0.1) is 6.92 Å². The number of para-hydroxylation sites is 1. The quantitative estimate of drug-likeness (QED) is 0.684. The minimum Gasteiger partial charge on any atom is -0.439 e. The van der Waals surface area contributed by atoms with Crippen molar-refractivity contribution < 1.29 is 14.1 Å². The van der Waals surface area contributed by atoms with Crippen molar-refractivity contribution in [2.45, 2.75) is 38.8 Å². The molecule has 1 fully saturated rings. The highest BCUT2D eigenvalue weighted by atomic mass is 16.5. The Morgan fingerprint density at radius 2 is 2.10 bits per heavy atom. The monoisotopic (exact) mass is 393 g/mol. The minimum absolute atomic E-state index is 0.0524. The Bertz CT molecular complexity index is 942. The van der Waals surface area contributed by atoms with E-state index in [2.05, 4.69) is 25.3 Å². The van der Waals surface area contributed by atoms with Gasteiger partial charge in [-0.2, -0.15) is 4.98 Å².